The van der Waals surface area contributed by atoms with Crippen molar-refractivity contribution in [3.05, 3.63) is 59.1 Å². The molecule has 2 bridgehead atoms. The third kappa shape index (κ3) is 2.88. The third-order valence-electron chi connectivity index (χ3n) is 6.90. The number of aryl methyl sites for hydroxylation is 2. The normalized spacial score (nSPS) is 19.5. The standard InChI is InChI=1S/C23H20F3N7O/c1-31-21(11-6-15(24)18(26)16(25)7-11)13-8-12-4-3-5-17(19(13)30-31)33(12)23(34)20-14-9-29-32(2)22(14)28-10-27-20/h6-7,9-10,12,17H,3-5,8H2,1-2H3/t12-,17+/m0/s1. The summed E-state index contributed by atoms with van der Waals surface area (Å²) in [4.78, 5) is 24.1. The fourth-order valence-corrected chi connectivity index (χ4v) is 5.46. The fourth-order valence-electron chi connectivity index (χ4n) is 5.46. The van der Waals surface area contributed by atoms with Crippen LogP contribution in [0.3, 0.4) is 0 Å². The number of piperidine rings is 1. The van der Waals surface area contributed by atoms with E-state index in [1.165, 1.54) is 6.33 Å². The van der Waals surface area contributed by atoms with Crippen LogP contribution in [0.25, 0.3) is 22.3 Å². The van der Waals surface area contributed by atoms with Crippen molar-refractivity contribution in [1.82, 2.24) is 34.4 Å². The summed E-state index contributed by atoms with van der Waals surface area (Å²) in [6.07, 6.45) is 5.84. The zero-order chi connectivity index (χ0) is 23.7. The van der Waals surface area contributed by atoms with Crippen LogP contribution >= 0.6 is 0 Å². The second kappa shape index (κ2) is 7.37. The van der Waals surface area contributed by atoms with E-state index in [9.17, 15) is 18.0 Å². The largest absolute Gasteiger partial charge is 0.325 e. The maximum Gasteiger partial charge on any atom is 0.274 e. The van der Waals surface area contributed by atoms with Crippen molar-refractivity contribution in [2.75, 3.05) is 0 Å². The topological polar surface area (TPSA) is 81.7 Å². The Morgan fingerprint density at radius 1 is 1.06 bits per heavy atom. The first-order chi connectivity index (χ1) is 16.3. The molecule has 3 aromatic heterocycles. The van der Waals surface area contributed by atoms with Gasteiger partial charge in [-0.15, -0.1) is 0 Å². The van der Waals surface area contributed by atoms with Gasteiger partial charge in [-0.3, -0.25) is 14.2 Å². The van der Waals surface area contributed by atoms with Gasteiger partial charge in [0.25, 0.3) is 5.91 Å². The monoisotopic (exact) mass is 467 g/mol. The fraction of sp³-hybridized carbons (Fsp3) is 0.348. The molecular weight excluding hydrogens is 447 g/mol. The Hall–Kier alpha value is -3.76. The predicted molar refractivity (Wildman–Crippen MR) is 115 cm³/mol. The zero-order valence-electron chi connectivity index (χ0n) is 18.5. The molecule has 6 rings (SSSR count). The summed E-state index contributed by atoms with van der Waals surface area (Å²) in [5.41, 5.74) is 3.15. The van der Waals surface area contributed by atoms with Gasteiger partial charge in [0.15, 0.2) is 23.1 Å². The molecule has 0 radical (unpaired) electrons. The molecule has 0 N–H and O–H groups in total. The van der Waals surface area contributed by atoms with Gasteiger partial charge >= 0.3 is 0 Å². The number of carbonyl (C=O) groups excluding carboxylic acids is 1. The second-order valence-electron chi connectivity index (χ2n) is 8.83. The lowest BCUT2D eigenvalue weighted by molar-refractivity contribution is 0.0388. The van der Waals surface area contributed by atoms with Gasteiger partial charge in [-0.05, 0) is 37.8 Å². The number of nitrogens with zero attached hydrogens (tertiary/aromatic N) is 7. The van der Waals surface area contributed by atoms with E-state index in [4.69, 9.17) is 0 Å². The summed E-state index contributed by atoms with van der Waals surface area (Å²) in [5, 5.41) is 9.44. The van der Waals surface area contributed by atoms with Crippen LogP contribution in [0, 0.1) is 17.5 Å². The minimum Gasteiger partial charge on any atom is -0.325 e. The molecule has 2 aliphatic rings. The maximum atomic E-state index is 14.0. The first kappa shape index (κ1) is 20.8. The summed E-state index contributed by atoms with van der Waals surface area (Å²) in [6.45, 7) is 0. The van der Waals surface area contributed by atoms with Crippen LogP contribution in [0.5, 0.6) is 0 Å². The van der Waals surface area contributed by atoms with Crippen molar-refractivity contribution in [1.29, 1.82) is 0 Å². The van der Waals surface area contributed by atoms with Gasteiger partial charge in [-0.2, -0.15) is 10.2 Å². The van der Waals surface area contributed by atoms with Gasteiger partial charge in [-0.25, -0.2) is 23.1 Å². The Morgan fingerprint density at radius 3 is 2.59 bits per heavy atom. The molecule has 1 saturated heterocycles. The molecule has 11 heteroatoms. The molecule has 34 heavy (non-hydrogen) atoms. The molecule has 1 amide bonds. The van der Waals surface area contributed by atoms with Crippen molar-refractivity contribution >= 4 is 16.9 Å². The minimum atomic E-state index is -1.50. The Balaban J connectivity index is 1.46. The average Bonchev–Trinajstić information content (AvgIpc) is 3.35. The van der Waals surface area contributed by atoms with Gasteiger partial charge in [0, 0.05) is 31.3 Å². The molecule has 0 unspecified atom stereocenters. The van der Waals surface area contributed by atoms with Gasteiger partial charge in [0.2, 0.25) is 0 Å². The van der Waals surface area contributed by atoms with Crippen LogP contribution in [0.1, 0.15) is 47.1 Å². The van der Waals surface area contributed by atoms with Crippen molar-refractivity contribution < 1.29 is 18.0 Å². The van der Waals surface area contributed by atoms with Crippen LogP contribution in [0.2, 0.25) is 0 Å². The Kier molecular flexibility index (Phi) is 4.51. The number of hydrogen-bond donors (Lipinski definition) is 0. The lowest BCUT2D eigenvalue weighted by atomic mass is 9.81. The van der Waals surface area contributed by atoms with E-state index < -0.39 is 17.5 Å². The smallest absolute Gasteiger partial charge is 0.274 e. The highest BCUT2D eigenvalue weighted by atomic mass is 19.2. The van der Waals surface area contributed by atoms with E-state index in [1.807, 2.05) is 4.90 Å². The number of fused-ring (bicyclic) bond motifs is 5. The summed E-state index contributed by atoms with van der Waals surface area (Å²) in [7, 11) is 3.44. The molecule has 2 atom stereocenters. The number of benzene rings is 1. The maximum absolute atomic E-state index is 14.0. The van der Waals surface area contributed by atoms with Crippen LogP contribution in [-0.4, -0.2) is 46.4 Å². The van der Waals surface area contributed by atoms with Crippen LogP contribution in [0.15, 0.2) is 24.7 Å². The molecule has 0 spiro atoms. The van der Waals surface area contributed by atoms with Crippen LogP contribution in [-0.2, 0) is 20.5 Å². The highest BCUT2D eigenvalue weighted by Crippen LogP contribution is 2.45. The third-order valence-corrected chi connectivity index (χ3v) is 6.90. The summed E-state index contributed by atoms with van der Waals surface area (Å²) >= 11 is 0. The quantitative estimate of drug-likeness (QED) is 0.422. The molecule has 1 aromatic carbocycles. The molecule has 1 fully saturated rings. The molecule has 2 aliphatic heterocycles. The van der Waals surface area contributed by atoms with Crippen molar-refractivity contribution in [2.45, 2.75) is 37.8 Å². The molecule has 0 aliphatic carbocycles. The molecule has 174 valence electrons. The number of aromatic nitrogens is 6. The van der Waals surface area contributed by atoms with Crippen molar-refractivity contribution in [3.8, 4) is 11.3 Å². The molecular formula is C23H20F3N7O. The lowest BCUT2D eigenvalue weighted by Crippen LogP contribution is -2.50. The minimum absolute atomic E-state index is 0.126. The Labute approximate surface area is 192 Å². The van der Waals surface area contributed by atoms with Crippen LogP contribution < -0.4 is 0 Å². The van der Waals surface area contributed by atoms with E-state index in [2.05, 4.69) is 20.2 Å². The number of halogens is 3. The molecule has 0 saturated carbocycles. The lowest BCUT2D eigenvalue weighted by Gasteiger charge is -2.45. The zero-order valence-corrected chi connectivity index (χ0v) is 18.5. The number of hydrogen-bond acceptors (Lipinski definition) is 5. The number of amides is 1. The van der Waals surface area contributed by atoms with Gasteiger partial charge < -0.3 is 4.90 Å². The average molecular weight is 467 g/mol. The summed E-state index contributed by atoms with van der Waals surface area (Å²) in [6, 6.07) is 1.55. The molecule has 4 aromatic rings. The summed E-state index contributed by atoms with van der Waals surface area (Å²) < 4.78 is 44.7. The van der Waals surface area contributed by atoms with E-state index in [-0.39, 0.29) is 29.2 Å². The first-order valence-corrected chi connectivity index (χ1v) is 11.0. The van der Waals surface area contributed by atoms with E-state index in [1.54, 1.807) is 29.7 Å². The second-order valence-corrected chi connectivity index (χ2v) is 8.83. The van der Waals surface area contributed by atoms with Gasteiger partial charge in [0.05, 0.1) is 29.0 Å². The first-order valence-electron chi connectivity index (χ1n) is 11.0. The number of carbonyl (C=O) groups is 1. The van der Waals surface area contributed by atoms with Crippen LogP contribution in [0.4, 0.5) is 13.2 Å². The van der Waals surface area contributed by atoms with Gasteiger partial charge in [-0.1, -0.05) is 0 Å². The summed E-state index contributed by atoms with van der Waals surface area (Å²) in [5.74, 6) is -4.21. The highest BCUT2D eigenvalue weighted by Gasteiger charge is 2.44. The Morgan fingerprint density at radius 2 is 1.82 bits per heavy atom. The predicted octanol–water partition coefficient (Wildman–Crippen LogP) is 3.47. The highest BCUT2D eigenvalue weighted by molar-refractivity contribution is 6.03. The van der Waals surface area contributed by atoms with Crippen molar-refractivity contribution in [2.24, 2.45) is 14.1 Å². The van der Waals surface area contributed by atoms with Gasteiger partial charge in [0.1, 0.15) is 12.0 Å². The molecule has 8 nitrogen and oxygen atoms in total. The number of rotatable bonds is 2. The molecule has 5 heterocycles. The SMILES string of the molecule is Cn1nc2c(c1-c1cc(F)c(F)c(F)c1)C[C@@H]1CCC[C@H]2N1C(=O)c1ncnc2c1cnn2C. The van der Waals surface area contributed by atoms with E-state index in [0.717, 1.165) is 30.5 Å². The Bertz CT molecular complexity index is 1450. The van der Waals surface area contributed by atoms with E-state index >= 15 is 0 Å². The van der Waals surface area contributed by atoms with E-state index in [0.29, 0.717) is 35.3 Å². The van der Waals surface area contributed by atoms with Crippen molar-refractivity contribution in [3.63, 3.8) is 0 Å².